The number of rotatable bonds is 3. The molecule has 2 heteroatoms. The zero-order valence-electron chi connectivity index (χ0n) is 9.79. The first-order chi connectivity index (χ1) is 6.48. The van der Waals surface area contributed by atoms with Crippen LogP contribution >= 0.6 is 7.26 Å². The zero-order chi connectivity index (χ0) is 10.8. The number of hydrogen-bond donors (Lipinski definition) is 0. The van der Waals surface area contributed by atoms with Crippen LogP contribution in [0.4, 0.5) is 0 Å². The Labute approximate surface area is 87.8 Å². The van der Waals surface area contributed by atoms with E-state index in [1.54, 1.807) is 7.11 Å². The molecular formula is C12H21OP. The third kappa shape index (κ3) is 2.27. The molecule has 0 amide bonds. The fourth-order valence-corrected chi connectivity index (χ4v) is 3.05. The summed E-state index contributed by atoms with van der Waals surface area (Å²) in [6.45, 7) is 9.46. The fraction of sp³-hybridized carbons (Fsp3) is 0.500. The van der Waals surface area contributed by atoms with Crippen molar-refractivity contribution in [2.75, 3.05) is 20.4 Å². The molecule has 1 nitrogen and oxygen atoms in total. The van der Waals surface area contributed by atoms with Gasteiger partial charge < -0.3 is 0 Å². The Morgan fingerprint density at radius 3 is 1.93 bits per heavy atom. The van der Waals surface area contributed by atoms with E-state index in [4.69, 9.17) is 4.74 Å². The van der Waals surface area contributed by atoms with Crippen molar-refractivity contribution in [3.63, 3.8) is 0 Å². The monoisotopic (exact) mass is 212 g/mol. The van der Waals surface area contributed by atoms with E-state index in [-0.39, 0.29) is 0 Å². The van der Waals surface area contributed by atoms with E-state index in [1.807, 2.05) is 0 Å². The van der Waals surface area contributed by atoms with Gasteiger partial charge in [-0.25, -0.2) is 0 Å². The molecule has 1 aromatic rings. The average molecular weight is 212 g/mol. The van der Waals surface area contributed by atoms with Crippen molar-refractivity contribution in [2.45, 2.75) is 19.5 Å². The second-order valence-corrected chi connectivity index (χ2v) is 9.78. The summed E-state index contributed by atoms with van der Waals surface area (Å²) in [5, 5.41) is 1.51. The van der Waals surface area contributed by atoms with Crippen molar-refractivity contribution < 1.29 is 4.74 Å². The van der Waals surface area contributed by atoms with E-state index < -0.39 is 7.26 Å². The van der Waals surface area contributed by atoms with Crippen LogP contribution in [0.25, 0.3) is 0 Å². The Morgan fingerprint density at radius 1 is 1.07 bits per heavy atom. The molecular weight excluding hydrogens is 191 g/mol. The van der Waals surface area contributed by atoms with E-state index in [0.29, 0.717) is 0 Å². The van der Waals surface area contributed by atoms with Gasteiger partial charge in [0.05, 0.1) is 0 Å². The molecule has 80 valence electrons. The van der Waals surface area contributed by atoms with Crippen LogP contribution in [0.1, 0.15) is 13.8 Å². The van der Waals surface area contributed by atoms with E-state index >= 15 is 0 Å². The van der Waals surface area contributed by atoms with Crippen molar-refractivity contribution in [3.8, 4) is 5.75 Å². The summed E-state index contributed by atoms with van der Waals surface area (Å²) in [5.74, 6) is 0.947. The Bertz CT molecular complexity index is 288. The van der Waals surface area contributed by atoms with Gasteiger partial charge >= 0.3 is 87.3 Å². The van der Waals surface area contributed by atoms with Crippen LogP contribution in [-0.4, -0.2) is 26.1 Å². The number of ether oxygens (including phenoxy) is 1. The Morgan fingerprint density at radius 2 is 1.57 bits per heavy atom. The van der Waals surface area contributed by atoms with Crippen molar-refractivity contribution in [1.29, 1.82) is 0 Å². The fourth-order valence-electron chi connectivity index (χ4n) is 1.35. The van der Waals surface area contributed by atoms with Gasteiger partial charge in [-0.15, -0.1) is 0 Å². The van der Waals surface area contributed by atoms with Gasteiger partial charge in [-0.2, -0.15) is 0 Å². The van der Waals surface area contributed by atoms with E-state index in [2.05, 4.69) is 51.4 Å². The molecule has 0 aliphatic rings. The second-order valence-electron chi connectivity index (χ2n) is 4.60. The van der Waals surface area contributed by atoms with Gasteiger partial charge in [-0.1, -0.05) is 0 Å². The molecule has 14 heavy (non-hydrogen) atoms. The molecule has 0 aromatic heterocycles. The topological polar surface area (TPSA) is 9.23 Å². The minimum atomic E-state index is -1.25. The number of benzene rings is 1. The molecule has 0 aliphatic heterocycles. The van der Waals surface area contributed by atoms with Crippen molar-refractivity contribution in [2.24, 2.45) is 0 Å². The molecule has 0 spiro atoms. The van der Waals surface area contributed by atoms with Gasteiger partial charge in [0.1, 0.15) is 0 Å². The summed E-state index contributed by atoms with van der Waals surface area (Å²) >= 11 is 0. The molecule has 0 unspecified atom stereocenters. The first-order valence-electron chi connectivity index (χ1n) is 5.13. The number of hydrogen-bond acceptors (Lipinski definition) is 1. The summed E-state index contributed by atoms with van der Waals surface area (Å²) in [6.07, 6.45) is 0. The Kier molecular flexibility index (Phi) is 3.55. The molecule has 0 N–H and O–H groups in total. The molecule has 0 bridgehead atoms. The van der Waals surface area contributed by atoms with Crippen molar-refractivity contribution in [1.82, 2.24) is 0 Å². The van der Waals surface area contributed by atoms with Crippen LogP contribution in [0.2, 0.25) is 0 Å². The van der Waals surface area contributed by atoms with Gasteiger partial charge in [-0.05, 0) is 0 Å². The first-order valence-corrected chi connectivity index (χ1v) is 8.20. The molecule has 1 aromatic carbocycles. The average Bonchev–Trinajstić information content (AvgIpc) is 2.17. The number of methoxy groups -OCH3 is 1. The summed E-state index contributed by atoms with van der Waals surface area (Å²) in [6, 6.07) is 8.55. The normalized spacial score (nSPS) is 13.0. The quantitative estimate of drug-likeness (QED) is 0.700. The van der Waals surface area contributed by atoms with Gasteiger partial charge in [0.25, 0.3) is 0 Å². The van der Waals surface area contributed by atoms with Crippen LogP contribution < -0.4 is 10.0 Å². The van der Waals surface area contributed by atoms with Crippen LogP contribution in [0.3, 0.4) is 0 Å². The SMILES string of the molecule is COc1ccc([PH](C)(C)C(C)C)cc1. The molecule has 0 radical (unpaired) electrons. The van der Waals surface area contributed by atoms with E-state index in [1.165, 1.54) is 5.30 Å². The molecule has 1 rings (SSSR count). The van der Waals surface area contributed by atoms with Gasteiger partial charge in [0.15, 0.2) is 0 Å². The van der Waals surface area contributed by atoms with Crippen LogP contribution in [0.15, 0.2) is 24.3 Å². The van der Waals surface area contributed by atoms with Crippen molar-refractivity contribution >= 4 is 12.6 Å². The van der Waals surface area contributed by atoms with Crippen LogP contribution in [0, 0.1) is 0 Å². The van der Waals surface area contributed by atoms with Crippen LogP contribution in [-0.2, 0) is 0 Å². The molecule has 0 heterocycles. The maximum absolute atomic E-state index is 5.16. The summed E-state index contributed by atoms with van der Waals surface area (Å²) < 4.78 is 5.16. The predicted molar refractivity (Wildman–Crippen MR) is 67.9 cm³/mol. The summed E-state index contributed by atoms with van der Waals surface area (Å²) in [7, 11) is 0.460. The molecule has 0 saturated carbocycles. The third-order valence-corrected chi connectivity index (χ3v) is 7.99. The standard InChI is InChI=1S/C12H21OP/c1-10(2)14(4,5)12-8-6-11(13-3)7-9-12/h6-10,14H,1-5H3. The maximum atomic E-state index is 5.16. The van der Waals surface area contributed by atoms with Gasteiger partial charge in [-0.3, -0.25) is 0 Å². The van der Waals surface area contributed by atoms with Crippen LogP contribution in [0.5, 0.6) is 5.75 Å². The zero-order valence-corrected chi connectivity index (χ0v) is 10.8. The molecule has 0 aliphatic carbocycles. The minimum absolute atomic E-state index is 0.774. The second kappa shape index (κ2) is 4.31. The summed E-state index contributed by atoms with van der Waals surface area (Å²) in [4.78, 5) is 0. The van der Waals surface area contributed by atoms with Gasteiger partial charge in [0.2, 0.25) is 0 Å². The van der Waals surface area contributed by atoms with Gasteiger partial charge in [0, 0.05) is 0 Å². The third-order valence-electron chi connectivity index (χ3n) is 3.28. The van der Waals surface area contributed by atoms with E-state index in [0.717, 1.165) is 11.4 Å². The van der Waals surface area contributed by atoms with E-state index in [9.17, 15) is 0 Å². The predicted octanol–water partition coefficient (Wildman–Crippen LogP) is 2.74. The Hall–Kier alpha value is -0.550. The summed E-state index contributed by atoms with van der Waals surface area (Å²) in [5.41, 5.74) is 0.774. The van der Waals surface area contributed by atoms with Crippen molar-refractivity contribution in [3.05, 3.63) is 24.3 Å². The molecule has 0 atom stereocenters. The first kappa shape index (κ1) is 11.5. The molecule has 0 saturated heterocycles. The molecule has 0 fully saturated rings. The Balaban J connectivity index is 2.97.